The van der Waals surface area contributed by atoms with Crippen molar-refractivity contribution in [1.82, 2.24) is 19.6 Å². The highest BCUT2D eigenvalue weighted by Crippen LogP contribution is 2.20. The second kappa shape index (κ2) is 7.22. The Morgan fingerprint density at radius 2 is 1.93 bits per heavy atom. The number of carbonyl (C=O) groups excluding carboxylic acids is 1. The fourth-order valence-corrected chi connectivity index (χ4v) is 3.98. The number of imidazole rings is 1. The van der Waals surface area contributed by atoms with Gasteiger partial charge in [-0.3, -0.25) is 4.79 Å². The van der Waals surface area contributed by atoms with Crippen LogP contribution in [0.2, 0.25) is 0 Å². The molecule has 7 nitrogen and oxygen atoms in total. The number of aromatic amines is 2. The van der Waals surface area contributed by atoms with E-state index in [4.69, 9.17) is 12.2 Å². The maximum Gasteiger partial charge on any atom is 0.253 e. The van der Waals surface area contributed by atoms with E-state index in [0.717, 1.165) is 10.4 Å². The van der Waals surface area contributed by atoms with Gasteiger partial charge in [0.1, 0.15) is 5.82 Å². The van der Waals surface area contributed by atoms with E-state index in [0.29, 0.717) is 16.6 Å². The van der Waals surface area contributed by atoms with Crippen LogP contribution in [-0.4, -0.2) is 42.7 Å². The summed E-state index contributed by atoms with van der Waals surface area (Å²) in [7, 11) is -0.795. The monoisotopic (exact) mass is 408 g/mol. The Morgan fingerprint density at radius 3 is 2.63 bits per heavy atom. The molecule has 1 heterocycles. The lowest BCUT2D eigenvalue weighted by molar-refractivity contribution is 0.0951. The topological polar surface area (TPSA) is 98.1 Å². The third-order valence-corrected chi connectivity index (χ3v) is 6.12. The molecule has 0 atom stereocenters. The van der Waals surface area contributed by atoms with Crippen LogP contribution in [0.4, 0.5) is 4.39 Å². The van der Waals surface area contributed by atoms with Crippen LogP contribution >= 0.6 is 12.2 Å². The Hall–Kier alpha value is -2.56. The van der Waals surface area contributed by atoms with Gasteiger partial charge in [0.25, 0.3) is 5.91 Å². The first-order valence-corrected chi connectivity index (χ1v) is 9.75. The summed E-state index contributed by atoms with van der Waals surface area (Å²) < 4.78 is 40.0. The van der Waals surface area contributed by atoms with E-state index < -0.39 is 21.7 Å². The lowest BCUT2D eigenvalue weighted by Gasteiger charge is -2.15. The fraction of sp³-hybridized carbons (Fsp3) is 0.176. The molecule has 3 rings (SSSR count). The summed E-state index contributed by atoms with van der Waals surface area (Å²) in [5, 5.41) is 2.64. The first-order chi connectivity index (χ1) is 12.7. The highest BCUT2D eigenvalue weighted by atomic mass is 32.2. The zero-order valence-electron chi connectivity index (χ0n) is 14.5. The van der Waals surface area contributed by atoms with E-state index in [1.54, 1.807) is 18.2 Å². The number of carbonyl (C=O) groups is 1. The molecule has 27 heavy (non-hydrogen) atoms. The summed E-state index contributed by atoms with van der Waals surface area (Å²) in [5.74, 6) is -1.14. The number of nitrogens with one attached hydrogen (secondary N) is 3. The van der Waals surface area contributed by atoms with Crippen molar-refractivity contribution in [3.63, 3.8) is 0 Å². The maximum absolute atomic E-state index is 13.8. The van der Waals surface area contributed by atoms with E-state index in [2.05, 4.69) is 15.3 Å². The van der Waals surface area contributed by atoms with Crippen LogP contribution < -0.4 is 5.32 Å². The SMILES string of the molecule is CN(C)S(=O)(=O)c1ccccc1CNC(=O)c1cc(F)cc2[nH]c(=S)[nH]c12. The summed E-state index contributed by atoms with van der Waals surface area (Å²) in [5.41, 5.74) is 1.26. The van der Waals surface area contributed by atoms with Gasteiger partial charge in [-0.1, -0.05) is 18.2 Å². The van der Waals surface area contributed by atoms with Crippen molar-refractivity contribution in [3.05, 3.63) is 58.1 Å². The van der Waals surface area contributed by atoms with Crippen molar-refractivity contribution in [2.24, 2.45) is 0 Å². The molecule has 0 fully saturated rings. The van der Waals surface area contributed by atoms with Crippen molar-refractivity contribution in [2.45, 2.75) is 11.4 Å². The molecule has 3 aromatic rings. The molecule has 0 aliphatic rings. The number of nitrogens with zero attached hydrogens (tertiary/aromatic N) is 1. The van der Waals surface area contributed by atoms with Gasteiger partial charge < -0.3 is 15.3 Å². The molecule has 1 aromatic heterocycles. The first-order valence-electron chi connectivity index (χ1n) is 7.90. The molecule has 0 radical (unpaired) electrons. The Bertz CT molecular complexity index is 1180. The lowest BCUT2D eigenvalue weighted by atomic mass is 10.1. The maximum atomic E-state index is 13.8. The number of hydrogen-bond acceptors (Lipinski definition) is 4. The average Bonchev–Trinajstić information content (AvgIpc) is 2.98. The summed E-state index contributed by atoms with van der Waals surface area (Å²) >= 11 is 4.99. The normalized spacial score (nSPS) is 11.9. The molecule has 0 unspecified atom stereocenters. The molecule has 0 aliphatic heterocycles. The van der Waals surface area contributed by atoms with Gasteiger partial charge in [-0.05, 0) is 36.0 Å². The molecule has 0 bridgehead atoms. The summed E-state index contributed by atoms with van der Waals surface area (Å²) in [4.78, 5) is 18.3. The minimum Gasteiger partial charge on any atom is -0.348 e. The predicted molar refractivity (Wildman–Crippen MR) is 102 cm³/mol. The quantitative estimate of drug-likeness (QED) is 0.565. The van der Waals surface area contributed by atoms with Crippen LogP contribution in [-0.2, 0) is 16.6 Å². The van der Waals surface area contributed by atoms with Crippen LogP contribution in [0.15, 0.2) is 41.3 Å². The highest BCUT2D eigenvalue weighted by Gasteiger charge is 2.21. The molecule has 0 saturated heterocycles. The molecule has 1 amide bonds. The Morgan fingerprint density at radius 1 is 1.22 bits per heavy atom. The molecule has 2 aromatic carbocycles. The van der Waals surface area contributed by atoms with Crippen molar-refractivity contribution < 1.29 is 17.6 Å². The second-order valence-electron chi connectivity index (χ2n) is 6.03. The lowest BCUT2D eigenvalue weighted by Crippen LogP contribution is -2.27. The minimum absolute atomic E-state index is 0.0365. The molecule has 0 aliphatic carbocycles. The molecule has 0 saturated carbocycles. The van der Waals surface area contributed by atoms with Gasteiger partial charge in [-0.2, -0.15) is 0 Å². The standard InChI is InChI=1S/C17H17FN4O3S2/c1-22(2)27(24,25)14-6-4-3-5-10(14)9-19-16(23)12-7-11(18)8-13-15(12)21-17(26)20-13/h3-8H,9H2,1-2H3,(H,19,23)(H2,20,21,26). The molecule has 142 valence electrons. The number of sulfonamides is 1. The number of hydrogen-bond donors (Lipinski definition) is 3. The van der Waals surface area contributed by atoms with Crippen LogP contribution in [0.1, 0.15) is 15.9 Å². The van der Waals surface area contributed by atoms with Gasteiger partial charge in [0.2, 0.25) is 10.0 Å². The van der Waals surface area contributed by atoms with Crippen LogP contribution in [0.5, 0.6) is 0 Å². The number of fused-ring (bicyclic) bond motifs is 1. The minimum atomic E-state index is -3.66. The fourth-order valence-electron chi connectivity index (χ4n) is 2.66. The largest absolute Gasteiger partial charge is 0.348 e. The average molecular weight is 408 g/mol. The van der Waals surface area contributed by atoms with Gasteiger partial charge in [0.15, 0.2) is 4.77 Å². The summed E-state index contributed by atoms with van der Waals surface area (Å²) in [6, 6.07) is 8.70. The van der Waals surface area contributed by atoms with Crippen molar-refractivity contribution in [2.75, 3.05) is 14.1 Å². The van der Waals surface area contributed by atoms with Crippen molar-refractivity contribution in [1.29, 1.82) is 0 Å². The van der Waals surface area contributed by atoms with Gasteiger partial charge >= 0.3 is 0 Å². The third-order valence-electron chi connectivity index (χ3n) is 4.01. The number of amides is 1. The van der Waals surface area contributed by atoms with Crippen molar-refractivity contribution in [3.8, 4) is 0 Å². The Balaban J connectivity index is 1.91. The number of halogens is 1. The van der Waals surface area contributed by atoms with E-state index in [1.807, 2.05) is 0 Å². The molecular weight excluding hydrogens is 391 g/mol. The predicted octanol–water partition coefficient (Wildman–Crippen LogP) is 2.54. The van der Waals surface area contributed by atoms with E-state index in [1.165, 1.54) is 26.2 Å². The van der Waals surface area contributed by atoms with Crippen LogP contribution in [0, 0.1) is 10.6 Å². The molecule has 0 spiro atoms. The number of H-pyrrole nitrogens is 2. The molecular formula is C17H17FN4O3S2. The second-order valence-corrected chi connectivity index (χ2v) is 8.56. The third kappa shape index (κ3) is 3.77. The van der Waals surface area contributed by atoms with E-state index in [9.17, 15) is 17.6 Å². The highest BCUT2D eigenvalue weighted by molar-refractivity contribution is 7.89. The number of aromatic nitrogens is 2. The van der Waals surface area contributed by atoms with Crippen LogP contribution in [0.3, 0.4) is 0 Å². The zero-order chi connectivity index (χ0) is 19.8. The molecule has 3 N–H and O–H groups in total. The number of benzene rings is 2. The smallest absolute Gasteiger partial charge is 0.253 e. The Kier molecular flexibility index (Phi) is 5.13. The summed E-state index contributed by atoms with van der Waals surface area (Å²) in [6.45, 7) is -0.0365. The molecule has 10 heteroatoms. The Labute approximate surface area is 160 Å². The van der Waals surface area contributed by atoms with E-state index >= 15 is 0 Å². The van der Waals surface area contributed by atoms with Gasteiger partial charge in [0, 0.05) is 20.6 Å². The first kappa shape index (κ1) is 19.2. The number of rotatable bonds is 5. The van der Waals surface area contributed by atoms with Crippen molar-refractivity contribution >= 4 is 39.2 Å². The van der Waals surface area contributed by atoms with Gasteiger partial charge in [-0.15, -0.1) is 0 Å². The summed E-state index contributed by atoms with van der Waals surface area (Å²) in [6.07, 6.45) is 0. The zero-order valence-corrected chi connectivity index (χ0v) is 16.2. The van der Waals surface area contributed by atoms with Gasteiger partial charge in [0.05, 0.1) is 21.5 Å². The van der Waals surface area contributed by atoms with Crippen LogP contribution in [0.25, 0.3) is 11.0 Å². The van der Waals surface area contributed by atoms with E-state index in [-0.39, 0.29) is 21.8 Å². The van der Waals surface area contributed by atoms with Gasteiger partial charge in [-0.25, -0.2) is 17.1 Å².